The molecule has 0 saturated carbocycles. The molecule has 3 N–H and O–H groups in total. The van der Waals surface area contributed by atoms with Crippen molar-refractivity contribution in [1.29, 1.82) is 0 Å². The van der Waals surface area contributed by atoms with Gasteiger partial charge in [0.15, 0.2) is 11.6 Å². The van der Waals surface area contributed by atoms with E-state index in [0.717, 1.165) is 36.0 Å². The molecule has 1 aliphatic rings. The quantitative estimate of drug-likeness (QED) is 0.104. The van der Waals surface area contributed by atoms with Crippen molar-refractivity contribution in [3.63, 3.8) is 0 Å². The third-order valence-corrected chi connectivity index (χ3v) is 7.67. The number of imidazole rings is 1. The molecule has 0 amide bonds. The number of carbonyl (C=O) groups excluding carboxylic acids is 1. The van der Waals surface area contributed by atoms with Crippen LogP contribution in [0, 0.1) is 23.3 Å². The molecule has 0 fully saturated rings. The zero-order valence-corrected chi connectivity index (χ0v) is 25.6. The van der Waals surface area contributed by atoms with E-state index in [-0.39, 0.29) is 16.7 Å². The van der Waals surface area contributed by atoms with Gasteiger partial charge in [-0.25, -0.2) is 22.5 Å². The predicted octanol–water partition coefficient (Wildman–Crippen LogP) is 7.42. The number of para-hydroxylation sites is 1. The standard InChI is InChI=1S/C25H27FN2O3.C8H4F3N.CH4O/c1-24(2)15-25(3,19-9-5-7-16(8-6-12-29)22(19)31-24)21-14-27-23(28-21)18-13-17(30-4)10-11-20(18)26;9-5-3-6(10)7(11)8-4(5)1-2-12-8;1-2/h5,7,9-14H,6,8,15H2,1-4H3,(H,27,28);1-3,12H;2H,1H3. The number of nitrogens with zero attached hydrogens (tertiary/aromatic N) is 1. The summed E-state index contributed by atoms with van der Waals surface area (Å²) in [4.78, 5) is 21.2. The van der Waals surface area contributed by atoms with Crippen LogP contribution in [0.15, 0.2) is 60.9 Å². The number of halogens is 4. The maximum Gasteiger partial charge on any atom is 0.183 e. The van der Waals surface area contributed by atoms with E-state index >= 15 is 0 Å². The van der Waals surface area contributed by atoms with Gasteiger partial charge in [0.05, 0.1) is 18.2 Å². The van der Waals surface area contributed by atoms with Gasteiger partial charge in [0.1, 0.15) is 40.8 Å². The molecular formula is C34H35F4N3O4. The van der Waals surface area contributed by atoms with E-state index in [2.05, 4.69) is 41.8 Å². The highest BCUT2D eigenvalue weighted by Gasteiger charge is 2.45. The molecule has 11 heteroatoms. The van der Waals surface area contributed by atoms with E-state index in [0.29, 0.717) is 42.5 Å². The highest BCUT2D eigenvalue weighted by Crippen LogP contribution is 2.50. The van der Waals surface area contributed by atoms with Crippen molar-refractivity contribution in [2.45, 2.75) is 51.0 Å². The number of aliphatic hydroxyl groups excluding tert-OH is 1. The molecule has 0 aliphatic carbocycles. The van der Waals surface area contributed by atoms with Gasteiger partial charge in [-0.15, -0.1) is 0 Å². The fraction of sp³-hybridized carbons (Fsp3) is 0.294. The lowest BCUT2D eigenvalue weighted by Gasteiger charge is -2.44. The van der Waals surface area contributed by atoms with E-state index < -0.39 is 28.5 Å². The molecule has 238 valence electrons. The molecule has 1 unspecified atom stereocenters. The molecular weight excluding hydrogens is 590 g/mol. The smallest absolute Gasteiger partial charge is 0.183 e. The van der Waals surface area contributed by atoms with Gasteiger partial charge in [-0.05, 0) is 57.0 Å². The largest absolute Gasteiger partial charge is 0.497 e. The summed E-state index contributed by atoms with van der Waals surface area (Å²) in [6.07, 6.45) is 5.85. The summed E-state index contributed by atoms with van der Waals surface area (Å²) in [5.41, 5.74) is 2.32. The minimum absolute atomic E-state index is 0.0638. The van der Waals surface area contributed by atoms with Crippen molar-refractivity contribution >= 4 is 17.2 Å². The number of hydrogen-bond donors (Lipinski definition) is 3. The number of ether oxygens (including phenoxy) is 2. The van der Waals surface area contributed by atoms with Crippen LogP contribution in [0.1, 0.15) is 50.4 Å². The number of carbonyl (C=O) groups is 1. The highest BCUT2D eigenvalue weighted by molar-refractivity contribution is 5.80. The first-order valence-electron chi connectivity index (χ1n) is 14.2. The second kappa shape index (κ2) is 13.6. The second-order valence-electron chi connectivity index (χ2n) is 11.3. The van der Waals surface area contributed by atoms with Gasteiger partial charge in [0.2, 0.25) is 0 Å². The normalized spacial score (nSPS) is 16.4. The number of aliphatic hydroxyl groups is 1. The van der Waals surface area contributed by atoms with Gasteiger partial charge in [-0.2, -0.15) is 0 Å². The maximum absolute atomic E-state index is 14.5. The SMILES string of the molecule is CO.COc1ccc(F)c(-c2ncc(C3(C)CC(C)(C)Oc4c(CCC=O)cccc43)[nH]2)c1.Fc1cc(F)c2cc[nH]c2c1F. The average molecular weight is 626 g/mol. The third-order valence-electron chi connectivity index (χ3n) is 7.67. The van der Waals surface area contributed by atoms with Gasteiger partial charge >= 0.3 is 0 Å². The molecule has 0 radical (unpaired) electrons. The molecule has 0 saturated heterocycles. The van der Waals surface area contributed by atoms with E-state index in [1.807, 2.05) is 12.1 Å². The molecule has 1 aliphatic heterocycles. The fourth-order valence-corrected chi connectivity index (χ4v) is 5.72. The Morgan fingerprint density at radius 2 is 1.78 bits per heavy atom. The average Bonchev–Trinajstić information content (AvgIpc) is 3.72. The first kappa shape index (κ1) is 33.3. The van der Waals surface area contributed by atoms with E-state index in [1.165, 1.54) is 18.3 Å². The number of aromatic amines is 2. The van der Waals surface area contributed by atoms with Crippen LogP contribution in [0.25, 0.3) is 22.3 Å². The van der Waals surface area contributed by atoms with E-state index in [1.54, 1.807) is 25.4 Å². The molecule has 1 atom stereocenters. The number of fused-ring (bicyclic) bond motifs is 2. The van der Waals surface area contributed by atoms with Crippen molar-refractivity contribution in [1.82, 2.24) is 15.0 Å². The van der Waals surface area contributed by atoms with Gasteiger partial charge in [-0.3, -0.25) is 0 Å². The number of nitrogens with one attached hydrogen (secondary N) is 2. The lowest BCUT2D eigenvalue weighted by molar-refractivity contribution is -0.107. The van der Waals surface area contributed by atoms with Gasteiger partial charge < -0.3 is 29.3 Å². The van der Waals surface area contributed by atoms with E-state index in [9.17, 15) is 22.4 Å². The van der Waals surface area contributed by atoms with Crippen LogP contribution < -0.4 is 9.47 Å². The Balaban J connectivity index is 0.000000273. The molecule has 2 aromatic heterocycles. The Labute approximate surface area is 258 Å². The molecule has 0 bridgehead atoms. The molecule has 6 rings (SSSR count). The molecule has 45 heavy (non-hydrogen) atoms. The number of benzene rings is 3. The van der Waals surface area contributed by atoms with Crippen molar-refractivity contribution in [3.8, 4) is 22.9 Å². The monoisotopic (exact) mass is 625 g/mol. The van der Waals surface area contributed by atoms with Crippen LogP contribution in [0.3, 0.4) is 0 Å². The summed E-state index contributed by atoms with van der Waals surface area (Å²) >= 11 is 0. The van der Waals surface area contributed by atoms with Crippen molar-refractivity contribution < 1.29 is 36.9 Å². The zero-order valence-electron chi connectivity index (χ0n) is 25.6. The van der Waals surface area contributed by atoms with Crippen molar-refractivity contribution in [3.05, 3.63) is 101 Å². The Bertz CT molecular complexity index is 1800. The molecule has 3 aromatic carbocycles. The summed E-state index contributed by atoms with van der Waals surface area (Å²) in [5, 5.41) is 7.06. The number of aldehydes is 1. The summed E-state index contributed by atoms with van der Waals surface area (Å²) in [6.45, 7) is 6.27. The molecule has 0 spiro atoms. The second-order valence-corrected chi connectivity index (χ2v) is 11.3. The maximum atomic E-state index is 14.5. The summed E-state index contributed by atoms with van der Waals surface area (Å²) < 4.78 is 64.4. The minimum Gasteiger partial charge on any atom is -0.497 e. The number of aromatic nitrogens is 3. The van der Waals surface area contributed by atoms with Gasteiger partial charge in [0.25, 0.3) is 0 Å². The van der Waals surface area contributed by atoms with Crippen LogP contribution in [-0.4, -0.2) is 46.2 Å². The van der Waals surface area contributed by atoms with Crippen molar-refractivity contribution in [2.75, 3.05) is 14.2 Å². The first-order chi connectivity index (χ1) is 21.5. The molecule has 5 aromatic rings. The number of aryl methyl sites for hydroxylation is 1. The Hall–Kier alpha value is -4.64. The summed E-state index contributed by atoms with van der Waals surface area (Å²) in [5.74, 6) is -1.50. The van der Waals surface area contributed by atoms with E-state index in [4.69, 9.17) is 14.6 Å². The first-order valence-corrected chi connectivity index (χ1v) is 14.2. The van der Waals surface area contributed by atoms with Crippen molar-refractivity contribution in [2.24, 2.45) is 0 Å². The number of hydrogen-bond acceptors (Lipinski definition) is 5. The highest BCUT2D eigenvalue weighted by atomic mass is 19.2. The number of rotatable bonds is 6. The topological polar surface area (TPSA) is 100 Å². The van der Waals surface area contributed by atoms with Crippen LogP contribution in [-0.2, 0) is 16.6 Å². The molecule has 3 heterocycles. The van der Waals surface area contributed by atoms with Crippen LogP contribution >= 0.6 is 0 Å². The zero-order chi connectivity index (χ0) is 32.9. The minimum atomic E-state index is -1.18. The lowest BCUT2D eigenvalue weighted by Crippen LogP contribution is -2.44. The van der Waals surface area contributed by atoms with Gasteiger partial charge in [-0.1, -0.05) is 18.2 Å². The van der Waals surface area contributed by atoms with Crippen LogP contribution in [0.5, 0.6) is 11.5 Å². The van der Waals surface area contributed by atoms with Gasteiger partial charge in [0, 0.05) is 60.5 Å². The third kappa shape index (κ3) is 6.73. The molecule has 7 nitrogen and oxygen atoms in total. The predicted molar refractivity (Wildman–Crippen MR) is 163 cm³/mol. The Morgan fingerprint density at radius 1 is 1.02 bits per heavy atom. The fourth-order valence-electron chi connectivity index (χ4n) is 5.72. The summed E-state index contributed by atoms with van der Waals surface area (Å²) in [7, 11) is 2.55. The Kier molecular flexibility index (Phi) is 10.0. The van der Waals surface area contributed by atoms with Crippen LogP contribution in [0.2, 0.25) is 0 Å². The lowest BCUT2D eigenvalue weighted by atomic mass is 9.69. The number of H-pyrrole nitrogens is 2. The Morgan fingerprint density at radius 3 is 2.49 bits per heavy atom. The van der Waals surface area contributed by atoms with Crippen LogP contribution in [0.4, 0.5) is 17.6 Å². The summed E-state index contributed by atoms with van der Waals surface area (Å²) in [6, 6.07) is 12.6. The number of methoxy groups -OCH3 is 1.